The molecule has 138 heavy (non-hydrogen) atoms. The van der Waals surface area contributed by atoms with E-state index in [2.05, 4.69) is 58.5 Å². The number of hydrogen-bond acceptors (Lipinski definition) is 31. The molecular formula is C96H121Cl3N14O25. The molecule has 22 atom stereocenters. The lowest BCUT2D eigenvalue weighted by Gasteiger charge is -2.48. The fourth-order valence-corrected chi connectivity index (χ4v) is 18.3. The van der Waals surface area contributed by atoms with E-state index in [1.165, 1.54) is 51.2 Å². The highest BCUT2D eigenvalue weighted by Gasteiger charge is 2.53. The lowest BCUT2D eigenvalue weighted by atomic mass is 9.84. The Morgan fingerprint density at radius 3 is 1.83 bits per heavy atom. The standard InChI is InChI=1S/C96H121Cl3N14O25/c1-45(2)32-61(103-7)87(124)112-77-79(119)52-19-24-65(59(98)34-52)133-67-36-54-37-68(83(67)138-94-84(81(121)80(120)69(44-114)135-94)137-72-42-96(6,86(123)47(4)132-72)107-43-48-12-14-49(15-13-48)50-16-21-55(97)22-17-50)134-66-25-20-53(35-60(66)99)82(136-71-41-95(5,102)85(122)46(3)131-71)78-93(130)111-76(89(126)106-31-11-30-105-28-9-8-27-104-29-10-26-100)58-38-56(115)39-64(117)73(58)57-33-51(18-23-63(57)116)74(90(127)113-78)110-91(128)75(54)109-88(125)62(40-70(101)118)108-92(77)129/h12-25,33-39,45-47,61-62,69,71-72,74-82,84-86,94,103-105,107,114-117,119-123H,8-11,26-32,40-44,100,102H2,1-7H3,(H2,101,118)(H,106,126)(H,108,129)(H,109,125)(H,110,128)(H,111,130)(H,112,124)(H,113,127)/t46-,47-,61+,62-,69+,71-,72-,74+,75+,76-,77+,78-,79+,80+,81-,82+,84+,85-,86-,94-,95-,96-/m0/s1. The Labute approximate surface area is 811 Å². The molecule has 3 fully saturated rings. The summed E-state index contributed by atoms with van der Waals surface area (Å²) in [5, 5.41) is 139. The highest BCUT2D eigenvalue weighted by atomic mass is 35.5. The predicted octanol–water partition coefficient (Wildman–Crippen LogP) is 4.23. The van der Waals surface area contributed by atoms with E-state index in [0.29, 0.717) is 31.1 Å². The zero-order valence-electron chi connectivity index (χ0n) is 77.0. The second-order valence-corrected chi connectivity index (χ2v) is 37.6. The van der Waals surface area contributed by atoms with Gasteiger partial charge >= 0.3 is 0 Å². The SMILES string of the molecule is CN[C@H](CC(C)C)C(=O)N[C@H]1C(=O)N[C@@H](CC(N)=O)C(=O)N[C@H]2C(=O)N[C@H]3C(=O)N[C@H](C(=O)N[C@H](C(=O)NCCCNCCCCNCCCN)c4cc(O)cc(O)c4-c4cc3ccc4O)[C@H](O[C@H]3C[C@](C)(N)[C@@H](O)[C@H](C)O3)c3ccc(c(Cl)c3)Oc3cc2cc(c3O[C@@H]2O[C@H](CO)[C@@H](O)[C@H](O)[C@H]2O[C@H]2C[C@](C)(NCc3ccc(-c4ccc(Cl)cc4)cc3)[C@@H](O)[C@H](C)O2)Oc2ccc(cc2Cl)[C@H]1O. The van der Waals surface area contributed by atoms with Gasteiger partial charge in [0.15, 0.2) is 30.2 Å². The molecule has 0 unspecified atom stereocenters. The molecule has 8 heterocycles. The molecule has 26 N–H and O–H groups in total. The second kappa shape index (κ2) is 46.1. The first-order chi connectivity index (χ1) is 65.7. The van der Waals surface area contributed by atoms with Crippen LogP contribution in [0.5, 0.6) is 46.0 Å². The topological polar surface area (TPSA) is 603 Å². The molecule has 8 amide bonds. The number of amides is 8. The molecule has 0 radical (unpaired) electrons. The van der Waals surface area contributed by atoms with E-state index in [4.69, 9.17) is 89.9 Å². The first-order valence-corrected chi connectivity index (χ1v) is 46.9. The predicted molar refractivity (Wildman–Crippen MR) is 504 cm³/mol. The van der Waals surface area contributed by atoms with Crippen LogP contribution in [0.1, 0.15) is 157 Å². The summed E-state index contributed by atoms with van der Waals surface area (Å²) in [6.07, 6.45) is -20.0. The summed E-state index contributed by atoms with van der Waals surface area (Å²) in [4.78, 5) is 124. The molecule has 11 bridgehead atoms. The van der Waals surface area contributed by atoms with Crippen molar-refractivity contribution in [2.75, 3.05) is 52.9 Å². The minimum absolute atomic E-state index is 0.0390. The smallest absolute Gasteiger partial charge is 0.248 e. The van der Waals surface area contributed by atoms with Gasteiger partial charge in [-0.05, 0) is 217 Å². The molecule has 8 aliphatic rings. The Morgan fingerprint density at radius 1 is 0.609 bits per heavy atom. The van der Waals surface area contributed by atoms with Gasteiger partial charge < -0.3 is 160 Å². The maximum Gasteiger partial charge on any atom is 0.248 e. The molecule has 3 saturated heterocycles. The molecule has 15 rings (SSSR count). The van der Waals surface area contributed by atoms with Crippen molar-refractivity contribution in [1.29, 1.82) is 0 Å². The highest BCUT2D eigenvalue weighted by Crippen LogP contribution is 2.51. The van der Waals surface area contributed by atoms with Crippen molar-refractivity contribution in [2.45, 2.75) is 233 Å². The molecule has 7 aromatic carbocycles. The highest BCUT2D eigenvalue weighted by molar-refractivity contribution is 6.32. The molecule has 7 aromatic rings. The van der Waals surface area contributed by atoms with E-state index in [-0.39, 0.29) is 82.6 Å². The van der Waals surface area contributed by atoms with Crippen LogP contribution in [-0.2, 0) is 68.6 Å². The first-order valence-electron chi connectivity index (χ1n) is 45.8. The summed E-state index contributed by atoms with van der Waals surface area (Å²) in [6, 6.07) is 15.7. The summed E-state index contributed by atoms with van der Waals surface area (Å²) >= 11 is 21.1. The summed E-state index contributed by atoms with van der Waals surface area (Å²) < 4.78 is 53.6. The van der Waals surface area contributed by atoms with Crippen LogP contribution >= 0.6 is 34.8 Å². The molecule has 39 nitrogen and oxygen atoms in total. The third-order valence-corrected chi connectivity index (χ3v) is 26.1. The van der Waals surface area contributed by atoms with Crippen LogP contribution in [0, 0.1) is 5.92 Å². The van der Waals surface area contributed by atoms with E-state index in [9.17, 15) is 55.5 Å². The van der Waals surface area contributed by atoms with Gasteiger partial charge in [-0.15, -0.1) is 0 Å². The Morgan fingerprint density at radius 2 is 1.20 bits per heavy atom. The number of aliphatic hydroxyl groups excluding tert-OH is 6. The number of carbonyl (C=O) groups is 8. The van der Waals surface area contributed by atoms with E-state index >= 15 is 28.8 Å². The molecule has 0 saturated carbocycles. The molecule has 746 valence electrons. The molecule has 42 heteroatoms. The molecule has 0 spiro atoms. The van der Waals surface area contributed by atoms with Crippen molar-refractivity contribution in [1.82, 2.24) is 58.5 Å². The minimum atomic E-state index is -2.39. The van der Waals surface area contributed by atoms with Crippen molar-refractivity contribution in [3.8, 4) is 68.2 Å². The number of halogens is 3. The van der Waals surface area contributed by atoms with Gasteiger partial charge in [0.2, 0.25) is 59.3 Å². The van der Waals surface area contributed by atoms with Crippen LogP contribution in [0.15, 0.2) is 127 Å². The summed E-state index contributed by atoms with van der Waals surface area (Å²) in [5.74, 6) is -14.7. The third kappa shape index (κ3) is 25.0. The van der Waals surface area contributed by atoms with Gasteiger partial charge in [-0.2, -0.15) is 0 Å². The van der Waals surface area contributed by atoms with Crippen molar-refractivity contribution in [3.63, 3.8) is 0 Å². The van der Waals surface area contributed by atoms with Crippen LogP contribution in [0.25, 0.3) is 22.3 Å². The number of carbonyl (C=O) groups excluding carboxylic acids is 8. The average Bonchev–Trinajstić information content (AvgIpc) is 0.763. The fourth-order valence-electron chi connectivity index (χ4n) is 17.7. The average molecular weight is 1980 g/mol. The lowest BCUT2D eigenvalue weighted by molar-refractivity contribution is -0.334. The van der Waals surface area contributed by atoms with Crippen LogP contribution in [0.4, 0.5) is 0 Å². The molecule has 0 aromatic heterocycles. The Kier molecular flexibility index (Phi) is 35.0. The third-order valence-electron chi connectivity index (χ3n) is 25.3. The van der Waals surface area contributed by atoms with Gasteiger partial charge in [-0.1, -0.05) is 103 Å². The normalized spacial score (nSPS) is 28.1. The van der Waals surface area contributed by atoms with Crippen LogP contribution in [0.3, 0.4) is 0 Å². The summed E-state index contributed by atoms with van der Waals surface area (Å²) in [5.41, 5.74) is 16.0. The Bertz CT molecular complexity index is 5520. The quantitative estimate of drug-likeness (QED) is 0.0270. The number of nitrogens with one attached hydrogen (secondary N) is 11. The van der Waals surface area contributed by atoms with Crippen LogP contribution in [-0.4, -0.2) is 249 Å². The second-order valence-electron chi connectivity index (χ2n) is 36.4. The van der Waals surface area contributed by atoms with E-state index < -0.39 is 244 Å². The number of rotatable bonds is 31. The summed E-state index contributed by atoms with van der Waals surface area (Å²) in [6.45, 7) is 12.3. The van der Waals surface area contributed by atoms with Crippen molar-refractivity contribution in [2.24, 2.45) is 23.1 Å². The number of aliphatic hydroxyl groups is 6. The number of aromatic hydroxyl groups is 3. The maximum atomic E-state index is 16.8. The zero-order valence-corrected chi connectivity index (χ0v) is 79.3. The number of phenols is 3. The number of unbranched alkanes of at least 4 members (excludes halogenated alkanes) is 1. The number of likely N-dealkylation sites (N-methyl/N-ethyl adjacent to an activating group) is 1. The minimum Gasteiger partial charge on any atom is -0.508 e. The zero-order chi connectivity index (χ0) is 99.5. The summed E-state index contributed by atoms with van der Waals surface area (Å²) in [7, 11) is 1.49. The van der Waals surface area contributed by atoms with E-state index in [1.54, 1.807) is 26.0 Å². The van der Waals surface area contributed by atoms with Gasteiger partial charge in [0.25, 0.3) is 0 Å². The van der Waals surface area contributed by atoms with Gasteiger partial charge in [-0.25, -0.2) is 0 Å². The largest absolute Gasteiger partial charge is 0.508 e. The van der Waals surface area contributed by atoms with Crippen LogP contribution < -0.4 is 89.9 Å². The first kappa shape index (κ1) is 105. The number of benzene rings is 7. The fraction of sp³-hybridized carbons (Fsp3) is 0.479. The number of primary amides is 1. The Hall–Kier alpha value is -10.7. The monoisotopic (exact) mass is 1970 g/mol. The number of fused-ring (bicyclic) bond motifs is 15. The van der Waals surface area contributed by atoms with Gasteiger partial charge in [0.05, 0.1) is 53.5 Å². The lowest BCUT2D eigenvalue weighted by Crippen LogP contribution is -2.65. The number of nitrogens with two attached hydrogens (primary N) is 3. The van der Waals surface area contributed by atoms with Crippen LogP contribution in [0.2, 0.25) is 15.1 Å². The molecular weight excluding hydrogens is 1860 g/mol. The van der Waals surface area contributed by atoms with E-state index in [1.807, 2.05) is 50.2 Å². The van der Waals surface area contributed by atoms with Gasteiger partial charge in [0, 0.05) is 59.2 Å². The molecule has 8 aliphatic heterocycles. The number of phenolic OH excluding ortho intramolecular Hbond substituents is 3. The maximum absolute atomic E-state index is 16.8. The molecule has 0 aliphatic carbocycles. The van der Waals surface area contributed by atoms with Crippen molar-refractivity contribution >= 4 is 82.1 Å². The van der Waals surface area contributed by atoms with E-state index in [0.717, 1.165) is 97.6 Å². The number of hydrogen-bond donors (Lipinski definition) is 23. The number of ether oxygens (including phenoxy) is 8. The Balaban J connectivity index is 0.991. The van der Waals surface area contributed by atoms with Crippen molar-refractivity contribution < 1.29 is 122 Å². The van der Waals surface area contributed by atoms with Crippen molar-refractivity contribution in [3.05, 3.63) is 176 Å². The van der Waals surface area contributed by atoms with Gasteiger partial charge in [0.1, 0.15) is 95.5 Å². The van der Waals surface area contributed by atoms with Gasteiger partial charge in [-0.3, -0.25) is 38.4 Å².